The van der Waals surface area contributed by atoms with Gasteiger partial charge in [0.1, 0.15) is 0 Å². The third-order valence-electron chi connectivity index (χ3n) is 4.34. The fourth-order valence-electron chi connectivity index (χ4n) is 2.89. The monoisotopic (exact) mass is 451 g/mol. The van der Waals surface area contributed by atoms with Crippen molar-refractivity contribution in [2.45, 2.75) is 19.8 Å². The van der Waals surface area contributed by atoms with Crippen molar-refractivity contribution in [1.82, 2.24) is 0 Å². The first kappa shape index (κ1) is 24.0. The van der Waals surface area contributed by atoms with Crippen LogP contribution in [-0.4, -0.2) is 42.8 Å². The van der Waals surface area contributed by atoms with E-state index in [1.165, 1.54) is 13.0 Å². The molecule has 0 bridgehead atoms. The van der Waals surface area contributed by atoms with Gasteiger partial charge in [-0.15, -0.1) is 12.4 Å². The van der Waals surface area contributed by atoms with Crippen molar-refractivity contribution >= 4 is 52.1 Å². The van der Waals surface area contributed by atoms with Crippen molar-refractivity contribution in [3.8, 4) is 11.5 Å². The van der Waals surface area contributed by atoms with Crippen LogP contribution >= 0.6 is 12.4 Å². The van der Waals surface area contributed by atoms with Gasteiger partial charge in [-0.05, 0) is 18.9 Å². The molecule has 0 atom stereocenters. The number of hydrogen-bond donors (Lipinski definition) is 2. The molecule has 3 aromatic rings. The summed E-state index contributed by atoms with van der Waals surface area (Å²) in [6, 6.07) is 8.16. The molecular weight excluding hydrogens is 430 g/mol. The quantitative estimate of drug-likeness (QED) is 0.227. The Bertz CT molecular complexity index is 1110. The number of fused-ring (bicyclic) bond motifs is 2. The largest absolute Gasteiger partial charge is 0.513 e. The fraction of sp³-hybridized carbons (Fsp3) is 0.286. The van der Waals surface area contributed by atoms with E-state index >= 15 is 0 Å². The summed E-state index contributed by atoms with van der Waals surface area (Å²) >= 11 is 0. The Balaban J connectivity index is 0.00000341. The fourth-order valence-corrected chi connectivity index (χ4v) is 2.89. The van der Waals surface area contributed by atoms with E-state index in [2.05, 4.69) is 0 Å². The van der Waals surface area contributed by atoms with Crippen LogP contribution in [0.1, 0.15) is 30.3 Å². The summed E-state index contributed by atoms with van der Waals surface area (Å²) in [6.07, 6.45) is 0.00484. The van der Waals surface area contributed by atoms with Gasteiger partial charge in [0.15, 0.2) is 28.6 Å². The summed E-state index contributed by atoms with van der Waals surface area (Å²) in [5.41, 5.74) is 5.18. The molecule has 3 N–H and O–H groups in total. The molecule has 0 aliphatic carbocycles. The Morgan fingerprint density at radius 1 is 1.03 bits per heavy atom. The molecule has 0 spiro atoms. The van der Waals surface area contributed by atoms with Crippen molar-refractivity contribution in [1.29, 1.82) is 0 Å². The third kappa shape index (κ3) is 5.44. The van der Waals surface area contributed by atoms with Crippen molar-refractivity contribution < 1.29 is 38.1 Å². The van der Waals surface area contributed by atoms with Crippen molar-refractivity contribution in [2.24, 2.45) is 5.73 Å². The van der Waals surface area contributed by atoms with Crippen LogP contribution in [0.4, 0.5) is 4.79 Å². The van der Waals surface area contributed by atoms with Crippen LogP contribution < -0.4 is 10.5 Å². The Morgan fingerprint density at radius 3 is 2.32 bits per heavy atom. The van der Waals surface area contributed by atoms with Crippen LogP contribution in [0, 0.1) is 0 Å². The van der Waals surface area contributed by atoms with Gasteiger partial charge >= 0.3 is 12.1 Å². The molecule has 0 saturated carbocycles. The maximum absolute atomic E-state index is 12.2. The molecule has 1 aromatic heterocycles. The normalized spacial score (nSPS) is 10.5. The number of nitrogens with two attached hydrogens (primary N) is 1. The molecule has 1 heterocycles. The number of rotatable bonds is 8. The zero-order valence-corrected chi connectivity index (χ0v) is 17.5. The number of esters is 1. The molecule has 10 heteroatoms. The highest BCUT2D eigenvalue weighted by Crippen LogP contribution is 2.43. The van der Waals surface area contributed by atoms with Gasteiger partial charge in [-0.3, -0.25) is 9.59 Å². The van der Waals surface area contributed by atoms with Crippen molar-refractivity contribution in [2.75, 3.05) is 19.8 Å². The topological polar surface area (TPSA) is 138 Å². The number of aromatic hydroxyl groups is 1. The number of Topliss-reactive ketones (excluding diaryl/α,β-unsaturated/α-hetero) is 1. The number of carbonyl (C=O) groups is 3. The molecule has 2 aromatic carbocycles. The van der Waals surface area contributed by atoms with E-state index < -0.39 is 12.1 Å². The first-order valence-corrected chi connectivity index (χ1v) is 9.30. The molecule has 0 aliphatic rings. The summed E-state index contributed by atoms with van der Waals surface area (Å²) in [5, 5.41) is 11.7. The van der Waals surface area contributed by atoms with Gasteiger partial charge in [0, 0.05) is 17.7 Å². The van der Waals surface area contributed by atoms with E-state index in [0.29, 0.717) is 23.6 Å². The maximum Gasteiger partial charge on any atom is 0.513 e. The molecule has 166 valence electrons. The van der Waals surface area contributed by atoms with Gasteiger partial charge in [0.25, 0.3) is 0 Å². The Labute approximate surface area is 183 Å². The van der Waals surface area contributed by atoms with Crippen molar-refractivity contribution in [3.63, 3.8) is 0 Å². The first-order valence-electron chi connectivity index (χ1n) is 9.30. The number of hydrogen-bond acceptors (Lipinski definition) is 9. The highest BCUT2D eigenvalue weighted by molar-refractivity contribution is 6.11. The lowest BCUT2D eigenvalue weighted by molar-refractivity contribution is -0.142. The molecule has 0 amide bonds. The first-order chi connectivity index (χ1) is 14.4. The van der Waals surface area contributed by atoms with Gasteiger partial charge in [0.05, 0.1) is 25.1 Å². The molecule has 3 rings (SSSR count). The van der Waals surface area contributed by atoms with Crippen LogP contribution in [0.3, 0.4) is 0 Å². The van der Waals surface area contributed by atoms with Crippen LogP contribution in [0.15, 0.2) is 34.7 Å². The van der Waals surface area contributed by atoms with E-state index in [-0.39, 0.29) is 66.2 Å². The zero-order valence-electron chi connectivity index (χ0n) is 16.7. The zero-order chi connectivity index (χ0) is 21.7. The molecular formula is C21H22ClNO8. The summed E-state index contributed by atoms with van der Waals surface area (Å²) < 4.78 is 20.8. The smallest absolute Gasteiger partial charge is 0.504 e. The van der Waals surface area contributed by atoms with Crippen LogP contribution in [-0.2, 0) is 14.3 Å². The van der Waals surface area contributed by atoms with Gasteiger partial charge in [-0.1, -0.05) is 24.3 Å². The van der Waals surface area contributed by atoms with Crippen LogP contribution in [0.5, 0.6) is 11.5 Å². The van der Waals surface area contributed by atoms with E-state index in [1.807, 2.05) is 0 Å². The molecule has 9 nitrogen and oxygen atoms in total. The number of ether oxygens (including phenoxy) is 3. The standard InChI is InChI=1S/C21H21NO8.ClH/c1-12(23)16-10-15-19(14-7-3-2-6-13(14)18(25)20(15)29-16)30-21(26)28-9-5-4-8-27-17(24)11-22;/h2-3,6-7,10,25H,4-5,8-9,11,22H2,1H3;1H. The molecule has 0 saturated heterocycles. The number of halogens is 1. The lowest BCUT2D eigenvalue weighted by atomic mass is 10.1. The number of unbranched alkanes of at least 4 members (excludes halogenated alkanes) is 1. The Morgan fingerprint density at radius 2 is 1.68 bits per heavy atom. The second-order valence-corrected chi connectivity index (χ2v) is 6.47. The summed E-state index contributed by atoms with van der Waals surface area (Å²) in [6.45, 7) is 1.38. The minimum atomic E-state index is -0.948. The lowest BCUT2D eigenvalue weighted by Gasteiger charge is -2.11. The average molecular weight is 452 g/mol. The number of phenols is 1. The Kier molecular flexibility index (Phi) is 8.23. The molecule has 0 aliphatic heterocycles. The highest BCUT2D eigenvalue weighted by atomic mass is 35.5. The van der Waals surface area contributed by atoms with E-state index in [9.17, 15) is 19.5 Å². The Hall–Kier alpha value is -3.30. The van der Waals surface area contributed by atoms with Gasteiger partial charge < -0.3 is 29.5 Å². The van der Waals surface area contributed by atoms with E-state index in [1.54, 1.807) is 24.3 Å². The maximum atomic E-state index is 12.2. The molecule has 0 unspecified atom stereocenters. The lowest BCUT2D eigenvalue weighted by Crippen LogP contribution is -2.17. The predicted molar refractivity (Wildman–Crippen MR) is 114 cm³/mol. The summed E-state index contributed by atoms with van der Waals surface area (Å²) in [7, 11) is 0. The number of carbonyl (C=O) groups excluding carboxylic acids is 3. The van der Waals surface area contributed by atoms with Gasteiger partial charge in [0.2, 0.25) is 0 Å². The SMILES string of the molecule is CC(=O)c1cc2c(OC(=O)OCCCCOC(=O)CN)c3ccccc3c(O)c2o1.Cl. The van der Waals surface area contributed by atoms with Crippen LogP contribution in [0.2, 0.25) is 0 Å². The second-order valence-electron chi connectivity index (χ2n) is 6.47. The number of furan rings is 1. The molecule has 0 fully saturated rings. The van der Waals surface area contributed by atoms with E-state index in [4.69, 9.17) is 24.4 Å². The summed E-state index contributed by atoms with van der Waals surface area (Å²) in [5.74, 6) is -0.833. The third-order valence-corrected chi connectivity index (χ3v) is 4.34. The average Bonchev–Trinajstić information content (AvgIpc) is 3.19. The van der Waals surface area contributed by atoms with Gasteiger partial charge in [-0.2, -0.15) is 0 Å². The minimum Gasteiger partial charge on any atom is -0.504 e. The minimum absolute atomic E-state index is 0. The molecule has 0 radical (unpaired) electrons. The second kappa shape index (κ2) is 10.6. The summed E-state index contributed by atoms with van der Waals surface area (Å²) in [4.78, 5) is 34.8. The van der Waals surface area contributed by atoms with E-state index in [0.717, 1.165) is 0 Å². The van der Waals surface area contributed by atoms with Crippen molar-refractivity contribution in [3.05, 3.63) is 36.1 Å². The number of benzene rings is 2. The number of ketones is 1. The van der Waals surface area contributed by atoms with Crippen LogP contribution in [0.25, 0.3) is 21.7 Å². The number of phenolic OH excluding ortho intramolecular Hbond substituents is 1. The van der Waals surface area contributed by atoms with Gasteiger partial charge in [-0.25, -0.2) is 4.79 Å². The highest BCUT2D eigenvalue weighted by Gasteiger charge is 2.22. The predicted octanol–water partition coefficient (Wildman–Crippen LogP) is 3.71. The molecule has 31 heavy (non-hydrogen) atoms.